The van der Waals surface area contributed by atoms with Crippen LogP contribution in [0.3, 0.4) is 0 Å². The summed E-state index contributed by atoms with van der Waals surface area (Å²) in [5, 5.41) is 0. The topological polar surface area (TPSA) is 55.8 Å². The van der Waals surface area contributed by atoms with E-state index in [2.05, 4.69) is 15.9 Å². The number of ether oxygens (including phenoxy) is 2. The third kappa shape index (κ3) is 4.14. The molecule has 2 rings (SSSR count). The zero-order valence-electron chi connectivity index (χ0n) is 13.7. The lowest BCUT2D eigenvalue weighted by molar-refractivity contribution is -0.126. The van der Waals surface area contributed by atoms with Crippen molar-refractivity contribution in [2.24, 2.45) is 0 Å². The first-order chi connectivity index (χ1) is 11.4. The van der Waals surface area contributed by atoms with Crippen LogP contribution < -0.4 is 9.64 Å². The second kappa shape index (κ2) is 7.97. The first-order valence-electron chi connectivity index (χ1n) is 7.31. The lowest BCUT2D eigenvalue weighted by Gasteiger charge is -2.21. The molecule has 0 aromatic heterocycles. The van der Waals surface area contributed by atoms with Crippen molar-refractivity contribution in [2.75, 3.05) is 19.1 Å². The van der Waals surface area contributed by atoms with Gasteiger partial charge in [-0.3, -0.25) is 4.79 Å². The Hall–Kier alpha value is -2.34. The third-order valence-electron chi connectivity index (χ3n) is 3.49. The van der Waals surface area contributed by atoms with Gasteiger partial charge in [-0.25, -0.2) is 4.79 Å². The van der Waals surface area contributed by atoms with E-state index < -0.39 is 12.1 Å². The Kier molecular flexibility index (Phi) is 5.98. The van der Waals surface area contributed by atoms with Gasteiger partial charge < -0.3 is 14.4 Å². The van der Waals surface area contributed by atoms with Gasteiger partial charge in [-0.2, -0.15) is 0 Å². The van der Waals surface area contributed by atoms with E-state index in [9.17, 15) is 9.59 Å². The van der Waals surface area contributed by atoms with E-state index in [1.54, 1.807) is 32.2 Å². The van der Waals surface area contributed by atoms with Gasteiger partial charge >= 0.3 is 5.97 Å². The molecule has 0 heterocycles. The van der Waals surface area contributed by atoms with E-state index in [4.69, 9.17) is 9.47 Å². The van der Waals surface area contributed by atoms with Crippen molar-refractivity contribution in [3.05, 3.63) is 58.6 Å². The normalized spacial score (nSPS) is 11.5. The van der Waals surface area contributed by atoms with Gasteiger partial charge in [0.1, 0.15) is 5.75 Å². The molecule has 0 aliphatic carbocycles. The Bertz CT molecular complexity index is 733. The van der Waals surface area contributed by atoms with E-state index in [0.717, 1.165) is 5.69 Å². The van der Waals surface area contributed by atoms with Crippen LogP contribution in [0.25, 0.3) is 0 Å². The highest BCUT2D eigenvalue weighted by atomic mass is 79.9. The number of rotatable bonds is 5. The van der Waals surface area contributed by atoms with Crippen LogP contribution in [0.1, 0.15) is 17.3 Å². The molecule has 6 heteroatoms. The molecule has 0 saturated carbocycles. The van der Waals surface area contributed by atoms with Crippen molar-refractivity contribution in [2.45, 2.75) is 13.0 Å². The second-order valence-electron chi connectivity index (χ2n) is 5.13. The summed E-state index contributed by atoms with van der Waals surface area (Å²) in [5.41, 5.74) is 1.07. The van der Waals surface area contributed by atoms with E-state index in [-0.39, 0.29) is 5.91 Å². The highest BCUT2D eigenvalue weighted by Gasteiger charge is 2.23. The number of likely N-dealkylation sites (N-methyl/N-ethyl adjacent to an activating group) is 1. The van der Waals surface area contributed by atoms with Gasteiger partial charge in [0.2, 0.25) is 0 Å². The van der Waals surface area contributed by atoms with Crippen LogP contribution in [0.2, 0.25) is 0 Å². The first kappa shape index (κ1) is 18.0. The number of esters is 1. The van der Waals surface area contributed by atoms with Gasteiger partial charge in [0, 0.05) is 12.7 Å². The van der Waals surface area contributed by atoms with Crippen LogP contribution in [0.4, 0.5) is 5.69 Å². The number of carbonyl (C=O) groups excluding carboxylic acids is 2. The molecule has 0 aliphatic heterocycles. The number of methoxy groups -OCH3 is 1. The van der Waals surface area contributed by atoms with Gasteiger partial charge in [0.25, 0.3) is 5.91 Å². The fraction of sp³-hybridized carbons (Fsp3) is 0.222. The molecule has 0 radical (unpaired) electrons. The summed E-state index contributed by atoms with van der Waals surface area (Å²) in [6.45, 7) is 1.55. The molecule has 0 spiro atoms. The number of hydrogen-bond donors (Lipinski definition) is 0. The minimum atomic E-state index is -0.899. The van der Waals surface area contributed by atoms with Crippen LogP contribution in [0, 0.1) is 0 Å². The number of carbonyl (C=O) groups is 2. The van der Waals surface area contributed by atoms with Crippen LogP contribution in [-0.2, 0) is 9.53 Å². The number of para-hydroxylation sites is 1. The van der Waals surface area contributed by atoms with Gasteiger partial charge in [0.05, 0.1) is 17.1 Å². The summed E-state index contributed by atoms with van der Waals surface area (Å²) in [5.74, 6) is -0.262. The number of nitrogens with zero attached hydrogens (tertiary/aromatic N) is 1. The fourth-order valence-corrected chi connectivity index (χ4v) is 2.66. The minimum absolute atomic E-state index is 0.304. The van der Waals surface area contributed by atoms with E-state index >= 15 is 0 Å². The average Bonchev–Trinajstić information content (AvgIpc) is 2.60. The summed E-state index contributed by atoms with van der Waals surface area (Å²) in [7, 11) is 3.18. The molecule has 1 amide bonds. The molecular formula is C18H18BrNO4. The monoisotopic (exact) mass is 391 g/mol. The molecule has 0 unspecified atom stereocenters. The predicted molar refractivity (Wildman–Crippen MR) is 95.4 cm³/mol. The van der Waals surface area contributed by atoms with E-state index in [1.165, 1.54) is 12.0 Å². The highest BCUT2D eigenvalue weighted by Crippen LogP contribution is 2.26. The van der Waals surface area contributed by atoms with Crippen molar-refractivity contribution in [1.82, 2.24) is 0 Å². The Balaban J connectivity index is 2.05. The lowest BCUT2D eigenvalue weighted by atomic mass is 10.2. The average molecular weight is 392 g/mol. The lowest BCUT2D eigenvalue weighted by Crippen LogP contribution is -2.37. The molecular weight excluding hydrogens is 374 g/mol. The van der Waals surface area contributed by atoms with Crippen molar-refractivity contribution < 1.29 is 19.1 Å². The number of amides is 1. The van der Waals surface area contributed by atoms with Crippen molar-refractivity contribution in [3.8, 4) is 5.75 Å². The van der Waals surface area contributed by atoms with Crippen LogP contribution in [0.15, 0.2) is 53.0 Å². The van der Waals surface area contributed by atoms with Crippen LogP contribution in [0.5, 0.6) is 5.75 Å². The van der Waals surface area contributed by atoms with Gasteiger partial charge in [0.15, 0.2) is 6.10 Å². The van der Waals surface area contributed by atoms with Crippen molar-refractivity contribution in [1.29, 1.82) is 0 Å². The number of hydrogen-bond acceptors (Lipinski definition) is 4. The predicted octanol–water partition coefficient (Wildman–Crippen LogP) is 3.67. The summed E-state index contributed by atoms with van der Waals surface area (Å²) in [4.78, 5) is 26.1. The van der Waals surface area contributed by atoms with E-state index in [0.29, 0.717) is 15.8 Å². The molecule has 1 atom stereocenters. The summed E-state index contributed by atoms with van der Waals surface area (Å²) >= 11 is 3.32. The third-order valence-corrected chi connectivity index (χ3v) is 4.11. The molecule has 5 nitrogen and oxygen atoms in total. The molecule has 0 bridgehead atoms. The Morgan fingerprint density at radius 3 is 2.38 bits per heavy atom. The quantitative estimate of drug-likeness (QED) is 0.729. The molecule has 0 N–H and O–H groups in total. The number of anilines is 1. The maximum atomic E-state index is 12.4. The molecule has 126 valence electrons. The minimum Gasteiger partial charge on any atom is -0.496 e. The SMILES string of the molecule is COc1ccc(C(=O)O[C@H](C)C(=O)N(C)c2ccccc2)cc1Br. The Morgan fingerprint density at radius 1 is 1.12 bits per heavy atom. The van der Waals surface area contributed by atoms with Gasteiger partial charge in [-0.15, -0.1) is 0 Å². The summed E-state index contributed by atoms with van der Waals surface area (Å²) in [6.07, 6.45) is -0.899. The van der Waals surface area contributed by atoms with Crippen molar-refractivity contribution in [3.63, 3.8) is 0 Å². The maximum Gasteiger partial charge on any atom is 0.338 e. The summed E-state index contributed by atoms with van der Waals surface area (Å²) in [6, 6.07) is 14.0. The maximum absolute atomic E-state index is 12.4. The zero-order valence-corrected chi connectivity index (χ0v) is 15.2. The van der Waals surface area contributed by atoms with Gasteiger partial charge in [-0.05, 0) is 53.2 Å². The van der Waals surface area contributed by atoms with Crippen LogP contribution in [-0.4, -0.2) is 32.1 Å². The van der Waals surface area contributed by atoms with Crippen molar-refractivity contribution >= 4 is 33.5 Å². The highest BCUT2D eigenvalue weighted by molar-refractivity contribution is 9.10. The zero-order chi connectivity index (χ0) is 17.7. The first-order valence-corrected chi connectivity index (χ1v) is 8.10. The number of halogens is 1. The molecule has 2 aromatic carbocycles. The molecule has 0 saturated heterocycles. The molecule has 24 heavy (non-hydrogen) atoms. The standard InChI is InChI=1S/C18H18BrNO4/c1-12(17(21)20(2)14-7-5-4-6-8-14)24-18(22)13-9-10-16(23-3)15(19)11-13/h4-12H,1-3H3/t12-/m1/s1. The Morgan fingerprint density at radius 2 is 1.79 bits per heavy atom. The molecule has 0 fully saturated rings. The molecule has 0 aliphatic rings. The van der Waals surface area contributed by atoms with Crippen LogP contribution >= 0.6 is 15.9 Å². The summed E-state index contributed by atoms with van der Waals surface area (Å²) < 4.78 is 11.0. The molecule has 2 aromatic rings. The Labute approximate surface area is 149 Å². The van der Waals surface area contributed by atoms with E-state index in [1.807, 2.05) is 30.3 Å². The second-order valence-corrected chi connectivity index (χ2v) is 5.98. The largest absolute Gasteiger partial charge is 0.496 e. The van der Waals surface area contributed by atoms with Gasteiger partial charge in [-0.1, -0.05) is 18.2 Å². The fourth-order valence-electron chi connectivity index (χ4n) is 2.12. The smallest absolute Gasteiger partial charge is 0.338 e. The number of benzene rings is 2.